The molecule has 0 saturated carbocycles. The molecule has 12 heavy (non-hydrogen) atoms. The Kier molecular flexibility index (Phi) is 6.02. The number of benzene rings is 1. The van der Waals surface area contributed by atoms with Crippen molar-refractivity contribution in [2.45, 2.75) is 0 Å². The fourth-order valence-electron chi connectivity index (χ4n) is 0.629. The molecule has 0 fully saturated rings. The van der Waals surface area contributed by atoms with E-state index in [2.05, 4.69) is 0 Å². The molecular formula is C7H5Cl2KO2. The van der Waals surface area contributed by atoms with Gasteiger partial charge in [0.25, 0.3) is 0 Å². The van der Waals surface area contributed by atoms with Crippen molar-refractivity contribution in [2.75, 3.05) is 0 Å². The predicted octanol–water partition coefficient (Wildman–Crippen LogP) is -0.192. The van der Waals surface area contributed by atoms with Crippen LogP contribution in [0.3, 0.4) is 0 Å². The molecule has 0 spiro atoms. The van der Waals surface area contributed by atoms with Gasteiger partial charge in [-0.2, -0.15) is 0 Å². The fraction of sp³-hybridized carbons (Fsp3) is 0. The summed E-state index contributed by atoms with van der Waals surface area (Å²) in [6.45, 7) is 0. The molecule has 0 bridgehead atoms. The molecule has 1 aromatic rings. The van der Waals surface area contributed by atoms with Crippen LogP contribution in [0.4, 0.5) is 0 Å². The first-order valence-corrected chi connectivity index (χ1v) is 3.55. The zero-order valence-corrected chi connectivity index (χ0v) is 11.0. The van der Waals surface area contributed by atoms with Crippen LogP contribution in [0.15, 0.2) is 18.2 Å². The largest absolute Gasteiger partial charge is 1.00 e. The minimum absolute atomic E-state index is 0. The Hall–Kier alpha value is 0.906. The Balaban J connectivity index is 0. The third kappa shape index (κ3) is 3.34. The Bertz CT molecular complexity index is 307. The minimum Gasteiger partial charge on any atom is -1.00 e. The topological polar surface area (TPSA) is 37.3 Å². The van der Waals surface area contributed by atoms with E-state index < -0.39 is 5.97 Å². The second-order valence-corrected chi connectivity index (χ2v) is 2.75. The molecule has 0 saturated heterocycles. The van der Waals surface area contributed by atoms with Crippen molar-refractivity contribution in [1.29, 1.82) is 0 Å². The van der Waals surface area contributed by atoms with Gasteiger partial charge in [0.2, 0.25) is 0 Å². The molecule has 0 aliphatic rings. The van der Waals surface area contributed by atoms with Crippen LogP contribution in [0.1, 0.15) is 11.8 Å². The van der Waals surface area contributed by atoms with Crippen LogP contribution in [0.25, 0.3) is 0 Å². The van der Waals surface area contributed by atoms with E-state index >= 15 is 0 Å². The molecule has 0 amide bonds. The van der Waals surface area contributed by atoms with Gasteiger partial charge < -0.3 is 6.53 Å². The Morgan fingerprint density at radius 1 is 1.33 bits per heavy atom. The van der Waals surface area contributed by atoms with Crippen LogP contribution in [0.2, 0.25) is 10.0 Å². The van der Waals surface area contributed by atoms with Crippen LogP contribution in [0, 0.1) is 0 Å². The second-order valence-electron chi connectivity index (χ2n) is 1.93. The van der Waals surface area contributed by atoms with Gasteiger partial charge in [-0.05, 0) is 18.2 Å². The van der Waals surface area contributed by atoms with Gasteiger partial charge in [-0.25, -0.2) is 4.79 Å². The number of carboxylic acid groups (broad SMARTS) is 1. The van der Waals surface area contributed by atoms with Crippen LogP contribution in [-0.4, -0.2) is 11.1 Å². The van der Waals surface area contributed by atoms with E-state index in [-0.39, 0.29) is 63.4 Å². The van der Waals surface area contributed by atoms with Gasteiger partial charge in [0, 0.05) is 0 Å². The van der Waals surface area contributed by atoms with Crippen molar-refractivity contribution >= 4 is 29.2 Å². The first-order chi connectivity index (χ1) is 5.11. The van der Waals surface area contributed by atoms with Crippen LogP contribution in [-0.2, 0) is 0 Å². The third-order valence-electron chi connectivity index (χ3n) is 1.17. The van der Waals surface area contributed by atoms with E-state index in [1.807, 2.05) is 0 Å². The number of carboxylic acids is 1. The predicted molar refractivity (Wildman–Crippen MR) is 44.5 cm³/mol. The zero-order chi connectivity index (χ0) is 8.43. The molecule has 0 unspecified atom stereocenters. The molecule has 0 heterocycles. The number of hydrogen-bond acceptors (Lipinski definition) is 1. The maximum atomic E-state index is 10.4. The Morgan fingerprint density at radius 2 is 1.92 bits per heavy atom. The standard InChI is InChI=1S/C7H4Cl2O2.K.H/c8-5-2-1-4(7(10)11)3-6(5)9;;/h1-3H,(H,10,11);;/q;+1;-1. The quantitative estimate of drug-likeness (QED) is 0.680. The van der Waals surface area contributed by atoms with Crippen molar-refractivity contribution < 1.29 is 62.7 Å². The SMILES string of the molecule is O=C(O)c1ccc(Cl)c(Cl)c1.[H-].[K+]. The molecule has 0 aliphatic heterocycles. The minimum atomic E-state index is -1.01. The first-order valence-electron chi connectivity index (χ1n) is 2.79. The van der Waals surface area contributed by atoms with Crippen molar-refractivity contribution in [2.24, 2.45) is 0 Å². The van der Waals surface area contributed by atoms with Gasteiger partial charge in [-0.3, -0.25) is 0 Å². The van der Waals surface area contributed by atoms with Gasteiger partial charge in [0.05, 0.1) is 15.6 Å². The van der Waals surface area contributed by atoms with E-state index in [9.17, 15) is 4.79 Å². The molecule has 0 aliphatic carbocycles. The van der Waals surface area contributed by atoms with E-state index in [1.54, 1.807) is 0 Å². The van der Waals surface area contributed by atoms with Crippen molar-refractivity contribution in [1.82, 2.24) is 0 Å². The maximum Gasteiger partial charge on any atom is 1.00 e. The molecular weight excluding hydrogens is 226 g/mol. The molecule has 0 atom stereocenters. The van der Waals surface area contributed by atoms with Crippen molar-refractivity contribution in [3.63, 3.8) is 0 Å². The smallest absolute Gasteiger partial charge is 1.00 e. The summed E-state index contributed by atoms with van der Waals surface area (Å²) in [5.74, 6) is -1.01. The summed E-state index contributed by atoms with van der Waals surface area (Å²) in [4.78, 5) is 10.4. The van der Waals surface area contributed by atoms with Crippen molar-refractivity contribution in [3.05, 3.63) is 33.8 Å². The zero-order valence-electron chi connectivity index (χ0n) is 7.34. The average molecular weight is 231 g/mol. The van der Waals surface area contributed by atoms with E-state index in [0.29, 0.717) is 5.02 Å². The number of aromatic carboxylic acids is 1. The molecule has 1 aromatic carbocycles. The maximum absolute atomic E-state index is 10.4. The summed E-state index contributed by atoms with van der Waals surface area (Å²) in [5.41, 5.74) is 0.138. The van der Waals surface area contributed by atoms with E-state index in [0.717, 1.165) is 0 Å². The van der Waals surface area contributed by atoms with Crippen molar-refractivity contribution in [3.8, 4) is 0 Å². The first kappa shape index (κ1) is 12.9. The number of hydrogen-bond donors (Lipinski definition) is 1. The average Bonchev–Trinajstić information content (AvgIpc) is 1.94. The van der Waals surface area contributed by atoms with Gasteiger partial charge in [0.15, 0.2) is 0 Å². The summed E-state index contributed by atoms with van der Waals surface area (Å²) in [5, 5.41) is 9.11. The molecule has 0 radical (unpaired) electrons. The summed E-state index contributed by atoms with van der Waals surface area (Å²) < 4.78 is 0. The monoisotopic (exact) mass is 230 g/mol. The molecule has 5 heteroatoms. The Morgan fingerprint density at radius 3 is 2.33 bits per heavy atom. The van der Waals surface area contributed by atoms with Crippen LogP contribution < -0.4 is 51.4 Å². The molecule has 1 N–H and O–H groups in total. The van der Waals surface area contributed by atoms with E-state index in [4.69, 9.17) is 28.3 Å². The third-order valence-corrected chi connectivity index (χ3v) is 1.91. The van der Waals surface area contributed by atoms with Gasteiger partial charge in [0.1, 0.15) is 0 Å². The Labute approximate surface area is 124 Å². The molecule has 2 nitrogen and oxygen atoms in total. The summed E-state index contributed by atoms with van der Waals surface area (Å²) in [6, 6.07) is 4.16. The van der Waals surface area contributed by atoms with E-state index in [1.165, 1.54) is 18.2 Å². The fourth-order valence-corrected chi connectivity index (χ4v) is 0.927. The van der Waals surface area contributed by atoms with Gasteiger partial charge >= 0.3 is 57.4 Å². The van der Waals surface area contributed by atoms with Gasteiger partial charge in [-0.1, -0.05) is 23.2 Å². The molecule has 1 rings (SSSR count). The number of carbonyl (C=O) groups is 1. The second kappa shape index (κ2) is 5.60. The van der Waals surface area contributed by atoms with Gasteiger partial charge in [-0.15, -0.1) is 0 Å². The summed E-state index contributed by atoms with van der Waals surface area (Å²) in [7, 11) is 0. The summed E-state index contributed by atoms with van der Waals surface area (Å²) >= 11 is 11.1. The normalized spacial score (nSPS) is 8.83. The molecule has 60 valence electrons. The molecule has 0 aromatic heterocycles. The number of halogens is 2. The number of rotatable bonds is 1. The van der Waals surface area contributed by atoms with Crippen LogP contribution in [0.5, 0.6) is 0 Å². The van der Waals surface area contributed by atoms with Crippen LogP contribution >= 0.6 is 23.2 Å². The summed E-state index contributed by atoms with van der Waals surface area (Å²) in [6.07, 6.45) is 0.